The molecule has 0 unspecified atom stereocenters. The van der Waals surface area contributed by atoms with Crippen molar-refractivity contribution in [3.05, 3.63) is 29.8 Å². The molecule has 1 aliphatic rings. The highest BCUT2D eigenvalue weighted by Gasteiger charge is 2.27. The van der Waals surface area contributed by atoms with Crippen LogP contribution in [0.1, 0.15) is 84.1 Å². The number of benzene rings is 1. The second-order valence-corrected chi connectivity index (χ2v) is 11.5. The number of rotatable bonds is 10. The molecular weight excluding hydrogens is 344 g/mol. The lowest BCUT2D eigenvalue weighted by atomic mass is 10.1. The molecule has 0 N–H and O–H groups in total. The van der Waals surface area contributed by atoms with Crippen molar-refractivity contribution in [1.29, 1.82) is 0 Å². The van der Waals surface area contributed by atoms with E-state index in [0.29, 0.717) is 11.9 Å². The molecule has 0 aliphatic heterocycles. The normalized spacial score (nSPS) is 16.1. The Morgan fingerprint density at radius 2 is 1.50 bits per heavy atom. The zero-order chi connectivity index (χ0) is 19.0. The van der Waals surface area contributed by atoms with Gasteiger partial charge in [-0.05, 0) is 83.4 Å². The quantitative estimate of drug-likeness (QED) is 0.488. The van der Waals surface area contributed by atoms with E-state index in [0.717, 1.165) is 44.3 Å². The summed E-state index contributed by atoms with van der Waals surface area (Å²) in [7, 11) is -2.96. The van der Waals surface area contributed by atoms with E-state index < -0.39 is 14.6 Å². The van der Waals surface area contributed by atoms with Gasteiger partial charge in [0, 0.05) is 0 Å². The Hall–Kier alpha value is -1.03. The Morgan fingerprint density at radius 3 is 2.12 bits per heavy atom. The Labute approximate surface area is 160 Å². The van der Waals surface area contributed by atoms with Crippen LogP contribution in [0.3, 0.4) is 0 Å². The lowest BCUT2D eigenvalue weighted by Crippen LogP contribution is -2.30. The lowest BCUT2D eigenvalue weighted by molar-refractivity contribution is 0.210. The third-order valence-electron chi connectivity index (χ3n) is 5.34. The molecule has 0 saturated heterocycles. The van der Waals surface area contributed by atoms with E-state index in [-0.39, 0.29) is 0 Å². The summed E-state index contributed by atoms with van der Waals surface area (Å²) in [5.41, 5.74) is 1.36. The van der Waals surface area contributed by atoms with Gasteiger partial charge >= 0.3 is 0 Å². The largest absolute Gasteiger partial charge is 0.490 e. The van der Waals surface area contributed by atoms with Crippen LogP contribution in [0.5, 0.6) is 5.75 Å². The van der Waals surface area contributed by atoms with Crippen LogP contribution in [0, 0.1) is 0 Å². The molecule has 1 saturated carbocycles. The summed E-state index contributed by atoms with van der Waals surface area (Å²) in [4.78, 5) is 0. The van der Waals surface area contributed by atoms with Crippen LogP contribution in [0.25, 0.3) is 0 Å². The Balaban J connectivity index is 1.57. The van der Waals surface area contributed by atoms with Gasteiger partial charge in [-0.2, -0.15) is 0 Å². The van der Waals surface area contributed by atoms with Gasteiger partial charge in [0.1, 0.15) is 5.75 Å². The van der Waals surface area contributed by atoms with Gasteiger partial charge in [0.25, 0.3) is 0 Å². The van der Waals surface area contributed by atoms with Crippen molar-refractivity contribution >= 4 is 9.84 Å². The molecule has 1 aliphatic carbocycles. The standard InChI is InChI=1S/C22H36O3S/c1-22(2,3)26(23,24)18-10-6-4-5-7-11-19-14-16-21(17-15-19)25-20-12-8-9-13-20/h14-17,20H,4-13,18H2,1-3H3. The van der Waals surface area contributed by atoms with E-state index in [4.69, 9.17) is 4.74 Å². The number of ether oxygens (including phenoxy) is 1. The highest BCUT2D eigenvalue weighted by molar-refractivity contribution is 7.92. The number of unbranched alkanes of at least 4 members (excludes halogenated alkanes) is 4. The molecule has 148 valence electrons. The Morgan fingerprint density at radius 1 is 0.923 bits per heavy atom. The molecule has 0 spiro atoms. The van der Waals surface area contributed by atoms with E-state index in [2.05, 4.69) is 24.3 Å². The molecule has 0 aromatic heterocycles. The number of hydrogen-bond donors (Lipinski definition) is 0. The van der Waals surface area contributed by atoms with Crippen LogP contribution in [0.15, 0.2) is 24.3 Å². The van der Waals surface area contributed by atoms with Gasteiger partial charge in [0.2, 0.25) is 0 Å². The fraction of sp³-hybridized carbons (Fsp3) is 0.727. The molecule has 0 radical (unpaired) electrons. The fourth-order valence-electron chi connectivity index (χ4n) is 3.39. The molecule has 0 amide bonds. The third kappa shape index (κ3) is 6.94. The van der Waals surface area contributed by atoms with Gasteiger partial charge in [-0.25, -0.2) is 8.42 Å². The summed E-state index contributed by atoms with van der Waals surface area (Å²) in [5.74, 6) is 1.32. The summed E-state index contributed by atoms with van der Waals surface area (Å²) in [5, 5.41) is 0. The first kappa shape index (κ1) is 21.3. The second kappa shape index (κ2) is 9.77. The predicted octanol–water partition coefficient (Wildman–Crippen LogP) is 5.71. The van der Waals surface area contributed by atoms with Crippen molar-refractivity contribution < 1.29 is 13.2 Å². The molecule has 4 heteroatoms. The molecule has 0 heterocycles. The molecule has 0 atom stereocenters. The Bertz CT molecular complexity index is 620. The predicted molar refractivity (Wildman–Crippen MR) is 110 cm³/mol. The van der Waals surface area contributed by atoms with Crippen molar-refractivity contribution in [3.63, 3.8) is 0 Å². The number of aryl methyl sites for hydroxylation is 1. The number of sulfone groups is 1. The SMILES string of the molecule is CC(C)(C)S(=O)(=O)CCCCCCCc1ccc(OC2CCCC2)cc1. The molecular formula is C22H36O3S. The van der Waals surface area contributed by atoms with Crippen molar-refractivity contribution in [3.8, 4) is 5.75 Å². The lowest BCUT2D eigenvalue weighted by Gasteiger charge is -2.18. The highest BCUT2D eigenvalue weighted by atomic mass is 32.2. The van der Waals surface area contributed by atoms with E-state index >= 15 is 0 Å². The topological polar surface area (TPSA) is 43.4 Å². The summed E-state index contributed by atoms with van der Waals surface area (Å²) in [6.45, 7) is 5.35. The summed E-state index contributed by atoms with van der Waals surface area (Å²) in [6.07, 6.45) is 11.7. The van der Waals surface area contributed by atoms with Crippen LogP contribution in [-0.4, -0.2) is 25.0 Å². The smallest absolute Gasteiger partial charge is 0.155 e. The molecule has 3 nitrogen and oxygen atoms in total. The van der Waals surface area contributed by atoms with Crippen LogP contribution in [0.4, 0.5) is 0 Å². The monoisotopic (exact) mass is 380 g/mol. The van der Waals surface area contributed by atoms with Crippen molar-refractivity contribution in [2.24, 2.45) is 0 Å². The average molecular weight is 381 g/mol. The van der Waals surface area contributed by atoms with Crippen molar-refractivity contribution in [1.82, 2.24) is 0 Å². The van der Waals surface area contributed by atoms with Crippen LogP contribution < -0.4 is 4.74 Å². The minimum absolute atomic E-state index is 0.318. The van der Waals surface area contributed by atoms with Gasteiger partial charge in [-0.1, -0.05) is 31.4 Å². The van der Waals surface area contributed by atoms with Gasteiger partial charge in [0.05, 0.1) is 16.6 Å². The van der Waals surface area contributed by atoms with Gasteiger partial charge in [0.15, 0.2) is 9.84 Å². The molecule has 0 bridgehead atoms. The first-order chi connectivity index (χ1) is 12.3. The summed E-state index contributed by atoms with van der Waals surface area (Å²) < 4.78 is 29.5. The third-order valence-corrected chi connectivity index (χ3v) is 8.03. The minimum Gasteiger partial charge on any atom is -0.490 e. The first-order valence-electron chi connectivity index (χ1n) is 10.3. The fourth-order valence-corrected chi connectivity index (χ4v) is 4.59. The average Bonchev–Trinajstić information content (AvgIpc) is 3.07. The zero-order valence-electron chi connectivity index (χ0n) is 16.8. The Kier molecular flexibility index (Phi) is 8.00. The molecule has 1 fully saturated rings. The summed E-state index contributed by atoms with van der Waals surface area (Å²) in [6, 6.07) is 8.57. The maximum atomic E-state index is 12.1. The maximum Gasteiger partial charge on any atom is 0.155 e. The van der Waals surface area contributed by atoms with Crippen LogP contribution >= 0.6 is 0 Å². The molecule has 26 heavy (non-hydrogen) atoms. The maximum absolute atomic E-state index is 12.1. The van der Waals surface area contributed by atoms with E-state index in [1.165, 1.54) is 31.2 Å². The first-order valence-corrected chi connectivity index (χ1v) is 11.9. The van der Waals surface area contributed by atoms with E-state index in [1.54, 1.807) is 20.8 Å². The van der Waals surface area contributed by atoms with E-state index in [1.807, 2.05) is 0 Å². The van der Waals surface area contributed by atoms with Crippen LogP contribution in [0.2, 0.25) is 0 Å². The molecule has 1 aromatic carbocycles. The molecule has 2 rings (SSSR count). The van der Waals surface area contributed by atoms with Crippen LogP contribution in [-0.2, 0) is 16.3 Å². The van der Waals surface area contributed by atoms with Gasteiger partial charge in [-0.3, -0.25) is 0 Å². The zero-order valence-corrected chi connectivity index (χ0v) is 17.6. The van der Waals surface area contributed by atoms with Crippen molar-refractivity contribution in [2.45, 2.75) is 95.8 Å². The van der Waals surface area contributed by atoms with E-state index in [9.17, 15) is 8.42 Å². The highest BCUT2D eigenvalue weighted by Crippen LogP contribution is 2.24. The second-order valence-electron chi connectivity index (χ2n) is 8.62. The summed E-state index contributed by atoms with van der Waals surface area (Å²) >= 11 is 0. The molecule has 1 aromatic rings. The number of hydrogen-bond acceptors (Lipinski definition) is 3. The van der Waals surface area contributed by atoms with Gasteiger partial charge < -0.3 is 4.74 Å². The van der Waals surface area contributed by atoms with Gasteiger partial charge in [-0.15, -0.1) is 0 Å². The van der Waals surface area contributed by atoms with Crippen molar-refractivity contribution in [2.75, 3.05) is 5.75 Å². The minimum atomic E-state index is -2.96.